The number of hydrogen-bond acceptors (Lipinski definition) is 6. The number of nitrogens with zero attached hydrogens (tertiary/aromatic N) is 4. The fourth-order valence-corrected chi connectivity index (χ4v) is 3.17. The first-order chi connectivity index (χ1) is 12.9. The Balaban J connectivity index is 2.62. The van der Waals surface area contributed by atoms with Gasteiger partial charge in [-0.1, -0.05) is 6.92 Å². The molecule has 0 saturated heterocycles. The number of thioether (sulfide) groups is 1. The molecule has 28 heavy (non-hydrogen) atoms. The standard InChI is InChI=1S/C18H21F3N6S/c1-5-28-12-6-10(17(2,3)9-22)8-25-14(12)16-26-11(15(24)27(16)4)7-13(23)18(19,20)21/h6-8H,5,23-24H2,1-4H3/b13-7-. The van der Waals surface area contributed by atoms with Crippen LogP contribution in [0.3, 0.4) is 0 Å². The summed E-state index contributed by atoms with van der Waals surface area (Å²) in [6.07, 6.45) is -2.39. The summed E-state index contributed by atoms with van der Waals surface area (Å²) in [4.78, 5) is 9.43. The molecule has 0 amide bonds. The SMILES string of the molecule is CCSc1cc(C(C)(C)C#N)cnc1-c1nc(/C=C(\N)C(F)(F)F)c(N)n1C. The maximum atomic E-state index is 12.7. The molecule has 0 radical (unpaired) electrons. The lowest BCUT2D eigenvalue weighted by molar-refractivity contribution is -0.0916. The zero-order chi connectivity index (χ0) is 21.3. The Morgan fingerprint density at radius 3 is 2.57 bits per heavy atom. The van der Waals surface area contributed by atoms with E-state index in [1.165, 1.54) is 16.3 Å². The highest BCUT2D eigenvalue weighted by Crippen LogP contribution is 2.35. The van der Waals surface area contributed by atoms with Crippen LogP contribution in [-0.2, 0) is 12.5 Å². The molecule has 4 N–H and O–H groups in total. The molecule has 0 aromatic carbocycles. The minimum Gasteiger partial charge on any atom is -0.395 e. The van der Waals surface area contributed by atoms with E-state index in [1.54, 1.807) is 27.1 Å². The second-order valence-electron chi connectivity index (χ2n) is 6.60. The molecule has 0 aliphatic rings. The molecule has 2 heterocycles. The van der Waals surface area contributed by atoms with Gasteiger partial charge in [0.25, 0.3) is 0 Å². The van der Waals surface area contributed by atoms with Crippen LogP contribution in [0, 0.1) is 11.3 Å². The molecule has 0 fully saturated rings. The number of imidazole rings is 1. The van der Waals surface area contributed by atoms with Gasteiger partial charge in [-0.05, 0) is 37.3 Å². The molecular weight excluding hydrogens is 389 g/mol. The van der Waals surface area contributed by atoms with E-state index in [4.69, 9.17) is 11.5 Å². The van der Waals surface area contributed by atoms with Crippen LogP contribution in [0.15, 0.2) is 22.9 Å². The third-order valence-corrected chi connectivity index (χ3v) is 5.06. The van der Waals surface area contributed by atoms with Gasteiger partial charge in [-0.25, -0.2) is 4.98 Å². The summed E-state index contributed by atoms with van der Waals surface area (Å²) in [7, 11) is 1.59. The van der Waals surface area contributed by atoms with Gasteiger partial charge in [-0.15, -0.1) is 11.8 Å². The third kappa shape index (κ3) is 4.25. The number of rotatable bonds is 5. The maximum Gasteiger partial charge on any atom is 0.430 e. The van der Waals surface area contributed by atoms with Crippen molar-refractivity contribution >= 4 is 23.7 Å². The summed E-state index contributed by atoms with van der Waals surface area (Å²) in [6.45, 7) is 5.53. The van der Waals surface area contributed by atoms with Gasteiger partial charge in [0, 0.05) is 18.1 Å². The molecule has 6 nitrogen and oxygen atoms in total. The number of pyridine rings is 1. The molecule has 10 heteroatoms. The van der Waals surface area contributed by atoms with Crippen molar-refractivity contribution in [1.29, 1.82) is 5.26 Å². The predicted octanol–water partition coefficient (Wildman–Crippen LogP) is 3.84. The maximum absolute atomic E-state index is 12.7. The summed E-state index contributed by atoms with van der Waals surface area (Å²) in [5.41, 5.74) is 10.1. The van der Waals surface area contributed by atoms with Crippen molar-refractivity contribution in [1.82, 2.24) is 14.5 Å². The van der Waals surface area contributed by atoms with E-state index in [-0.39, 0.29) is 11.5 Å². The summed E-state index contributed by atoms with van der Waals surface area (Å²) in [6, 6.07) is 4.08. The molecule has 2 aromatic heterocycles. The van der Waals surface area contributed by atoms with Gasteiger partial charge in [-0.3, -0.25) is 4.98 Å². The minimum atomic E-state index is -4.67. The number of nitriles is 1. The van der Waals surface area contributed by atoms with Crippen molar-refractivity contribution < 1.29 is 13.2 Å². The molecule has 150 valence electrons. The van der Waals surface area contributed by atoms with Gasteiger partial charge in [0.2, 0.25) is 0 Å². The molecule has 0 saturated carbocycles. The Bertz CT molecular complexity index is 953. The van der Waals surface area contributed by atoms with E-state index in [0.717, 1.165) is 16.2 Å². The van der Waals surface area contributed by atoms with Gasteiger partial charge in [0.05, 0.1) is 11.5 Å². The average molecular weight is 410 g/mol. The first kappa shape index (κ1) is 21.6. The summed E-state index contributed by atoms with van der Waals surface area (Å²) in [5, 5.41) is 9.36. The van der Waals surface area contributed by atoms with E-state index in [9.17, 15) is 18.4 Å². The highest BCUT2D eigenvalue weighted by molar-refractivity contribution is 7.99. The van der Waals surface area contributed by atoms with E-state index in [0.29, 0.717) is 17.6 Å². The zero-order valence-corrected chi connectivity index (χ0v) is 16.7. The fraction of sp³-hybridized carbons (Fsp3) is 0.389. The van der Waals surface area contributed by atoms with Gasteiger partial charge in [-0.2, -0.15) is 18.4 Å². The largest absolute Gasteiger partial charge is 0.430 e. The lowest BCUT2D eigenvalue weighted by atomic mass is 9.87. The predicted molar refractivity (Wildman–Crippen MR) is 104 cm³/mol. The van der Waals surface area contributed by atoms with Gasteiger partial charge in [0.1, 0.15) is 22.9 Å². The van der Waals surface area contributed by atoms with Crippen LogP contribution in [0.25, 0.3) is 17.6 Å². The van der Waals surface area contributed by atoms with Crippen LogP contribution in [0.2, 0.25) is 0 Å². The number of nitrogen functional groups attached to an aromatic ring is 1. The molecule has 2 aromatic rings. The van der Waals surface area contributed by atoms with E-state index in [1.807, 2.05) is 13.0 Å². The number of anilines is 1. The average Bonchev–Trinajstić information content (AvgIpc) is 2.89. The third-order valence-electron chi connectivity index (χ3n) is 4.15. The van der Waals surface area contributed by atoms with Crippen molar-refractivity contribution in [2.24, 2.45) is 12.8 Å². The number of nitrogens with two attached hydrogens (primary N) is 2. The van der Waals surface area contributed by atoms with Crippen LogP contribution in [0.1, 0.15) is 32.0 Å². The normalized spacial score (nSPS) is 12.9. The van der Waals surface area contributed by atoms with Gasteiger partial charge in [0.15, 0.2) is 5.82 Å². The fourth-order valence-electron chi connectivity index (χ4n) is 2.36. The number of halogens is 3. The van der Waals surface area contributed by atoms with Crippen molar-refractivity contribution in [2.45, 2.75) is 37.3 Å². The van der Waals surface area contributed by atoms with Crippen molar-refractivity contribution in [2.75, 3.05) is 11.5 Å². The molecular formula is C18H21F3N6S. The van der Waals surface area contributed by atoms with Crippen molar-refractivity contribution in [3.8, 4) is 17.6 Å². The number of aromatic nitrogens is 3. The molecule has 0 spiro atoms. The summed E-state index contributed by atoms with van der Waals surface area (Å²) in [5.74, 6) is 1.09. The number of hydrogen-bond donors (Lipinski definition) is 2. The summed E-state index contributed by atoms with van der Waals surface area (Å²) < 4.78 is 39.7. The van der Waals surface area contributed by atoms with Gasteiger partial charge >= 0.3 is 6.18 Å². The Hall–Kier alpha value is -2.67. The Morgan fingerprint density at radius 1 is 1.39 bits per heavy atom. The first-order valence-electron chi connectivity index (χ1n) is 8.33. The van der Waals surface area contributed by atoms with Crippen molar-refractivity contribution in [3.05, 3.63) is 29.2 Å². The van der Waals surface area contributed by atoms with Crippen LogP contribution < -0.4 is 11.5 Å². The quantitative estimate of drug-likeness (QED) is 0.726. The second kappa shape index (κ2) is 7.75. The molecule has 0 aliphatic heterocycles. The minimum absolute atomic E-state index is 0.0397. The molecule has 0 atom stereocenters. The lowest BCUT2D eigenvalue weighted by Crippen LogP contribution is -2.19. The second-order valence-corrected chi connectivity index (χ2v) is 7.91. The molecule has 0 unspecified atom stereocenters. The number of allylic oxidation sites excluding steroid dienone is 1. The summed E-state index contributed by atoms with van der Waals surface area (Å²) >= 11 is 1.49. The smallest absolute Gasteiger partial charge is 0.395 e. The molecule has 0 aliphatic carbocycles. The molecule has 2 rings (SSSR count). The molecule has 0 bridgehead atoms. The monoisotopic (exact) mass is 410 g/mol. The van der Waals surface area contributed by atoms with Crippen LogP contribution in [-0.4, -0.2) is 26.5 Å². The van der Waals surface area contributed by atoms with E-state index in [2.05, 4.69) is 16.0 Å². The first-order valence-corrected chi connectivity index (χ1v) is 9.32. The zero-order valence-electron chi connectivity index (χ0n) is 15.9. The lowest BCUT2D eigenvalue weighted by Gasteiger charge is -2.17. The van der Waals surface area contributed by atoms with Crippen LogP contribution in [0.4, 0.5) is 19.0 Å². The Kier molecular flexibility index (Phi) is 5.99. The number of alkyl halides is 3. The Morgan fingerprint density at radius 2 is 2.04 bits per heavy atom. The highest BCUT2D eigenvalue weighted by atomic mass is 32.2. The Labute approximate surface area is 165 Å². The van der Waals surface area contributed by atoms with E-state index >= 15 is 0 Å². The van der Waals surface area contributed by atoms with Crippen molar-refractivity contribution in [3.63, 3.8) is 0 Å². The highest BCUT2D eigenvalue weighted by Gasteiger charge is 2.32. The van der Waals surface area contributed by atoms with Crippen LogP contribution >= 0.6 is 11.8 Å². The topological polar surface area (TPSA) is 107 Å². The van der Waals surface area contributed by atoms with Gasteiger partial charge < -0.3 is 16.0 Å². The van der Waals surface area contributed by atoms with E-state index < -0.39 is 17.3 Å². The van der Waals surface area contributed by atoms with Crippen LogP contribution in [0.5, 0.6) is 0 Å².